The molecule has 1 aromatic rings. The zero-order valence-electron chi connectivity index (χ0n) is 9.71. The van der Waals surface area contributed by atoms with Gasteiger partial charge >= 0.3 is 0 Å². The molecule has 0 fully saturated rings. The average molecular weight is 304 g/mol. The second kappa shape index (κ2) is 6.12. The first kappa shape index (κ1) is 14.1. The molecule has 17 heavy (non-hydrogen) atoms. The fourth-order valence-corrected chi connectivity index (χ4v) is 1.77. The Morgan fingerprint density at radius 3 is 2.71 bits per heavy atom. The summed E-state index contributed by atoms with van der Waals surface area (Å²) < 4.78 is 13.6. The summed E-state index contributed by atoms with van der Waals surface area (Å²) in [6.07, 6.45) is 0. The van der Waals surface area contributed by atoms with Crippen LogP contribution in [0.25, 0.3) is 0 Å². The van der Waals surface area contributed by atoms with E-state index in [1.165, 1.54) is 12.1 Å². The minimum Gasteiger partial charge on any atom is -0.394 e. The van der Waals surface area contributed by atoms with E-state index < -0.39 is 11.7 Å². The van der Waals surface area contributed by atoms with Gasteiger partial charge in [-0.05, 0) is 40.0 Å². The first-order valence-electron chi connectivity index (χ1n) is 5.32. The number of amides is 1. The van der Waals surface area contributed by atoms with E-state index in [9.17, 15) is 9.18 Å². The third-order valence-electron chi connectivity index (χ3n) is 2.49. The molecular weight excluding hydrogens is 289 g/mol. The predicted molar refractivity (Wildman–Crippen MR) is 67.3 cm³/mol. The van der Waals surface area contributed by atoms with E-state index in [0.29, 0.717) is 4.47 Å². The lowest BCUT2D eigenvalue weighted by atomic mass is 10.0. The maximum Gasteiger partial charge on any atom is 0.252 e. The van der Waals surface area contributed by atoms with Crippen molar-refractivity contribution in [1.29, 1.82) is 0 Å². The quantitative estimate of drug-likeness (QED) is 0.897. The van der Waals surface area contributed by atoms with Gasteiger partial charge in [0.1, 0.15) is 5.82 Å². The number of benzene rings is 1. The summed E-state index contributed by atoms with van der Waals surface area (Å²) >= 11 is 3.19. The minimum atomic E-state index is -0.469. The Balaban J connectivity index is 2.86. The molecule has 1 amide bonds. The number of nitrogens with one attached hydrogen (secondary N) is 1. The van der Waals surface area contributed by atoms with Gasteiger partial charge in [0.2, 0.25) is 0 Å². The summed E-state index contributed by atoms with van der Waals surface area (Å²) in [7, 11) is 0. The Bertz CT molecular complexity index is 409. The van der Waals surface area contributed by atoms with Crippen LogP contribution in [0.5, 0.6) is 0 Å². The molecule has 94 valence electrons. The van der Waals surface area contributed by atoms with E-state index in [1.807, 2.05) is 13.8 Å². The van der Waals surface area contributed by atoms with Gasteiger partial charge in [0.25, 0.3) is 5.91 Å². The van der Waals surface area contributed by atoms with Crippen molar-refractivity contribution in [3.63, 3.8) is 0 Å². The third kappa shape index (κ3) is 3.78. The van der Waals surface area contributed by atoms with Crippen molar-refractivity contribution in [2.24, 2.45) is 5.92 Å². The number of hydrogen-bond acceptors (Lipinski definition) is 2. The molecule has 0 aliphatic heterocycles. The van der Waals surface area contributed by atoms with Gasteiger partial charge in [0, 0.05) is 4.47 Å². The van der Waals surface area contributed by atoms with Crippen molar-refractivity contribution in [2.45, 2.75) is 19.9 Å². The van der Waals surface area contributed by atoms with E-state index in [0.717, 1.165) is 6.07 Å². The van der Waals surface area contributed by atoms with Crippen LogP contribution in [-0.2, 0) is 0 Å². The zero-order valence-corrected chi connectivity index (χ0v) is 11.3. The fourth-order valence-electron chi connectivity index (χ4n) is 1.34. The summed E-state index contributed by atoms with van der Waals surface area (Å²) in [5.41, 5.74) is 0.226. The summed E-state index contributed by atoms with van der Waals surface area (Å²) in [4.78, 5) is 11.9. The van der Waals surface area contributed by atoms with Gasteiger partial charge in [-0.3, -0.25) is 4.79 Å². The summed E-state index contributed by atoms with van der Waals surface area (Å²) in [6.45, 7) is 3.64. The molecule has 0 spiro atoms. The first-order valence-corrected chi connectivity index (χ1v) is 6.11. The van der Waals surface area contributed by atoms with Crippen molar-refractivity contribution in [3.8, 4) is 0 Å². The van der Waals surface area contributed by atoms with E-state index in [1.54, 1.807) is 0 Å². The molecule has 0 saturated heterocycles. The standard InChI is InChI=1S/C12H15BrFNO2/c1-7(2)11(6-16)15-12(17)9-5-8(14)3-4-10(9)13/h3-5,7,11,16H,6H2,1-2H3,(H,15,17). The molecule has 0 bridgehead atoms. The molecule has 5 heteroatoms. The molecule has 1 aromatic carbocycles. The molecule has 0 aliphatic carbocycles. The molecule has 1 rings (SSSR count). The van der Waals surface area contributed by atoms with E-state index in [2.05, 4.69) is 21.2 Å². The molecule has 2 N–H and O–H groups in total. The van der Waals surface area contributed by atoms with Crippen LogP contribution in [0.3, 0.4) is 0 Å². The van der Waals surface area contributed by atoms with Crippen LogP contribution >= 0.6 is 15.9 Å². The van der Waals surface area contributed by atoms with Gasteiger partial charge < -0.3 is 10.4 Å². The lowest BCUT2D eigenvalue weighted by Crippen LogP contribution is -2.41. The number of hydrogen-bond donors (Lipinski definition) is 2. The topological polar surface area (TPSA) is 49.3 Å². The zero-order chi connectivity index (χ0) is 13.0. The van der Waals surface area contributed by atoms with Crippen molar-refractivity contribution in [1.82, 2.24) is 5.32 Å². The molecule has 0 saturated carbocycles. The number of carbonyl (C=O) groups is 1. The molecule has 3 nitrogen and oxygen atoms in total. The van der Waals surface area contributed by atoms with Crippen LogP contribution in [0.2, 0.25) is 0 Å². The normalized spacial score (nSPS) is 12.6. The van der Waals surface area contributed by atoms with Gasteiger partial charge in [-0.25, -0.2) is 4.39 Å². The highest BCUT2D eigenvalue weighted by atomic mass is 79.9. The Kier molecular flexibility index (Phi) is 5.08. The fraction of sp³-hybridized carbons (Fsp3) is 0.417. The largest absolute Gasteiger partial charge is 0.394 e. The highest BCUT2D eigenvalue weighted by molar-refractivity contribution is 9.10. The molecule has 0 radical (unpaired) electrons. The summed E-state index contributed by atoms with van der Waals surface area (Å²) in [6, 6.07) is 3.58. The maximum atomic E-state index is 13.0. The monoisotopic (exact) mass is 303 g/mol. The Hall–Kier alpha value is -0.940. The maximum absolute atomic E-state index is 13.0. The van der Waals surface area contributed by atoms with Crippen LogP contribution in [0.4, 0.5) is 4.39 Å². The van der Waals surface area contributed by atoms with Crippen molar-refractivity contribution >= 4 is 21.8 Å². The van der Waals surface area contributed by atoms with Crippen molar-refractivity contribution in [2.75, 3.05) is 6.61 Å². The Morgan fingerprint density at radius 1 is 1.53 bits per heavy atom. The lowest BCUT2D eigenvalue weighted by Gasteiger charge is -2.20. The summed E-state index contributed by atoms with van der Waals surface area (Å²) in [5, 5.41) is 11.8. The number of aliphatic hydroxyl groups excluding tert-OH is 1. The number of halogens is 2. The molecule has 0 heterocycles. The average Bonchev–Trinajstić information content (AvgIpc) is 2.28. The van der Waals surface area contributed by atoms with Crippen LogP contribution in [0, 0.1) is 11.7 Å². The molecule has 1 unspecified atom stereocenters. The smallest absolute Gasteiger partial charge is 0.252 e. The second-order valence-corrected chi connectivity index (χ2v) is 4.99. The van der Waals surface area contributed by atoms with Crippen LogP contribution < -0.4 is 5.32 Å². The highest BCUT2D eigenvalue weighted by Gasteiger charge is 2.18. The lowest BCUT2D eigenvalue weighted by molar-refractivity contribution is 0.0895. The van der Waals surface area contributed by atoms with Crippen molar-refractivity contribution < 1.29 is 14.3 Å². The van der Waals surface area contributed by atoms with Crippen LogP contribution in [0.1, 0.15) is 24.2 Å². The van der Waals surface area contributed by atoms with E-state index >= 15 is 0 Å². The van der Waals surface area contributed by atoms with E-state index in [4.69, 9.17) is 5.11 Å². The molecule has 0 aliphatic rings. The molecule has 1 atom stereocenters. The minimum absolute atomic E-state index is 0.108. The highest BCUT2D eigenvalue weighted by Crippen LogP contribution is 2.18. The van der Waals surface area contributed by atoms with E-state index in [-0.39, 0.29) is 24.1 Å². The van der Waals surface area contributed by atoms with Gasteiger partial charge in [-0.1, -0.05) is 13.8 Å². The number of rotatable bonds is 4. The summed E-state index contributed by atoms with van der Waals surface area (Å²) in [5.74, 6) is -0.760. The van der Waals surface area contributed by atoms with Crippen LogP contribution in [-0.4, -0.2) is 23.7 Å². The van der Waals surface area contributed by atoms with Crippen molar-refractivity contribution in [3.05, 3.63) is 34.1 Å². The third-order valence-corrected chi connectivity index (χ3v) is 3.18. The molecule has 0 aromatic heterocycles. The van der Waals surface area contributed by atoms with Gasteiger partial charge in [-0.2, -0.15) is 0 Å². The predicted octanol–water partition coefficient (Wildman–Crippen LogP) is 2.33. The Labute approximate surface area is 108 Å². The van der Waals surface area contributed by atoms with Gasteiger partial charge in [-0.15, -0.1) is 0 Å². The Morgan fingerprint density at radius 2 is 2.18 bits per heavy atom. The SMILES string of the molecule is CC(C)C(CO)NC(=O)c1cc(F)ccc1Br. The first-order chi connectivity index (χ1) is 7.95. The second-order valence-electron chi connectivity index (χ2n) is 4.13. The van der Waals surface area contributed by atoms with Gasteiger partial charge in [0.15, 0.2) is 0 Å². The van der Waals surface area contributed by atoms with Gasteiger partial charge in [0.05, 0.1) is 18.2 Å². The number of carbonyl (C=O) groups excluding carboxylic acids is 1. The molecular formula is C12H15BrFNO2. The van der Waals surface area contributed by atoms with Crippen LogP contribution in [0.15, 0.2) is 22.7 Å². The number of aliphatic hydroxyl groups is 1.